The fourth-order valence-electron chi connectivity index (χ4n) is 3.28. The third-order valence-corrected chi connectivity index (χ3v) is 4.58. The summed E-state index contributed by atoms with van der Waals surface area (Å²) in [6.07, 6.45) is 3.53. The number of amides is 1. The molecule has 2 aromatic heterocycles. The quantitative estimate of drug-likeness (QED) is 0.789. The Morgan fingerprint density at radius 3 is 2.88 bits per heavy atom. The van der Waals surface area contributed by atoms with Crippen molar-refractivity contribution in [1.82, 2.24) is 15.1 Å². The molecule has 1 aromatic carbocycles. The summed E-state index contributed by atoms with van der Waals surface area (Å²) < 4.78 is 10.7. The van der Waals surface area contributed by atoms with Crippen LogP contribution in [0.25, 0.3) is 11.3 Å². The minimum Gasteiger partial charge on any atom is -0.497 e. The zero-order valence-electron chi connectivity index (χ0n) is 13.9. The minimum absolute atomic E-state index is 0.00441. The van der Waals surface area contributed by atoms with Gasteiger partial charge in [0.1, 0.15) is 17.2 Å². The number of rotatable bonds is 4. The highest BCUT2D eigenvalue weighted by Gasteiger charge is 2.33. The van der Waals surface area contributed by atoms with E-state index in [1.165, 1.54) is 0 Å². The molecule has 25 heavy (non-hydrogen) atoms. The van der Waals surface area contributed by atoms with Crippen LogP contribution in [0.4, 0.5) is 0 Å². The first-order valence-corrected chi connectivity index (χ1v) is 8.30. The first-order valence-electron chi connectivity index (χ1n) is 8.30. The van der Waals surface area contributed by atoms with Crippen LogP contribution in [0, 0.1) is 0 Å². The topological polar surface area (TPSA) is 71.4 Å². The number of hydrogen-bond acceptors (Lipinski definition) is 4. The summed E-state index contributed by atoms with van der Waals surface area (Å²) in [5.41, 5.74) is 2.16. The predicted octanol–water partition coefficient (Wildman–Crippen LogP) is 3.66. The van der Waals surface area contributed by atoms with Gasteiger partial charge in [0.2, 0.25) is 0 Å². The number of benzene rings is 1. The molecule has 1 N–H and O–H groups in total. The molecule has 1 aliphatic rings. The molecule has 0 aliphatic carbocycles. The minimum atomic E-state index is -0.0499. The summed E-state index contributed by atoms with van der Waals surface area (Å²) in [6.45, 7) is 0.723. The van der Waals surface area contributed by atoms with E-state index in [-0.39, 0.29) is 11.9 Å². The molecule has 0 saturated carbocycles. The molecule has 128 valence electrons. The first kappa shape index (κ1) is 15.5. The Kier molecular flexibility index (Phi) is 4.01. The summed E-state index contributed by atoms with van der Waals surface area (Å²) in [5, 5.41) is 7.16. The van der Waals surface area contributed by atoms with Gasteiger partial charge in [-0.05, 0) is 55.3 Å². The largest absolute Gasteiger partial charge is 0.497 e. The Bertz CT molecular complexity index is 852. The fourth-order valence-corrected chi connectivity index (χ4v) is 3.28. The highest BCUT2D eigenvalue weighted by Crippen LogP contribution is 2.33. The smallest absolute Gasteiger partial charge is 0.272 e. The fraction of sp³-hybridized carbons (Fsp3) is 0.263. The maximum absolute atomic E-state index is 12.9. The number of H-pyrrole nitrogens is 1. The molecule has 6 nitrogen and oxygen atoms in total. The molecule has 0 bridgehead atoms. The average Bonchev–Trinajstić information content (AvgIpc) is 3.42. The summed E-state index contributed by atoms with van der Waals surface area (Å²) in [7, 11) is 1.63. The number of nitrogens with one attached hydrogen (secondary N) is 1. The Labute approximate surface area is 145 Å². The molecule has 1 amide bonds. The van der Waals surface area contributed by atoms with Gasteiger partial charge < -0.3 is 14.1 Å². The number of likely N-dealkylation sites (tertiary alicyclic amines) is 1. The van der Waals surface area contributed by atoms with E-state index in [4.69, 9.17) is 9.15 Å². The van der Waals surface area contributed by atoms with Crippen LogP contribution in [0.5, 0.6) is 5.75 Å². The van der Waals surface area contributed by atoms with Crippen LogP contribution in [0.2, 0.25) is 0 Å². The Hall–Kier alpha value is -3.02. The normalized spacial score (nSPS) is 17.0. The zero-order chi connectivity index (χ0) is 17.2. The lowest BCUT2D eigenvalue weighted by atomic mass is 10.1. The SMILES string of the molecule is COc1ccc(-c2cc(C(=O)N3CCC[C@H]3c3ccco3)[nH]n2)cc1. The maximum atomic E-state index is 12.9. The van der Waals surface area contributed by atoms with Crippen molar-refractivity contribution in [2.24, 2.45) is 0 Å². The molecular formula is C19H19N3O3. The van der Waals surface area contributed by atoms with Gasteiger partial charge in [-0.3, -0.25) is 9.89 Å². The van der Waals surface area contributed by atoms with Gasteiger partial charge in [-0.15, -0.1) is 0 Å². The third kappa shape index (κ3) is 2.91. The number of hydrogen-bond donors (Lipinski definition) is 1. The molecule has 0 unspecified atom stereocenters. The van der Waals surface area contributed by atoms with Crippen LogP contribution in [-0.4, -0.2) is 34.7 Å². The first-order chi connectivity index (χ1) is 12.3. The van der Waals surface area contributed by atoms with Crippen molar-refractivity contribution in [3.8, 4) is 17.0 Å². The summed E-state index contributed by atoms with van der Waals surface area (Å²) in [5.74, 6) is 1.57. The Morgan fingerprint density at radius 1 is 1.32 bits per heavy atom. The van der Waals surface area contributed by atoms with Crippen LogP contribution < -0.4 is 4.74 Å². The van der Waals surface area contributed by atoms with Gasteiger partial charge >= 0.3 is 0 Å². The van der Waals surface area contributed by atoms with E-state index in [1.807, 2.05) is 41.3 Å². The third-order valence-electron chi connectivity index (χ3n) is 4.58. The molecule has 1 fully saturated rings. The zero-order valence-corrected chi connectivity index (χ0v) is 13.9. The van der Waals surface area contributed by atoms with Crippen molar-refractivity contribution in [2.75, 3.05) is 13.7 Å². The van der Waals surface area contributed by atoms with Crippen LogP contribution in [0.3, 0.4) is 0 Å². The van der Waals surface area contributed by atoms with Crippen LogP contribution in [0.1, 0.15) is 35.1 Å². The molecule has 6 heteroatoms. The van der Waals surface area contributed by atoms with E-state index >= 15 is 0 Å². The van der Waals surface area contributed by atoms with Crippen LogP contribution >= 0.6 is 0 Å². The van der Waals surface area contributed by atoms with Gasteiger partial charge in [0, 0.05) is 12.1 Å². The number of aromatic nitrogens is 2. The number of aromatic amines is 1. The maximum Gasteiger partial charge on any atom is 0.272 e. The van der Waals surface area contributed by atoms with Crippen molar-refractivity contribution in [1.29, 1.82) is 0 Å². The predicted molar refractivity (Wildman–Crippen MR) is 92.3 cm³/mol. The second-order valence-electron chi connectivity index (χ2n) is 6.07. The van der Waals surface area contributed by atoms with E-state index in [0.717, 1.165) is 42.2 Å². The van der Waals surface area contributed by atoms with Crippen molar-refractivity contribution < 1.29 is 13.9 Å². The van der Waals surface area contributed by atoms with E-state index in [2.05, 4.69) is 10.2 Å². The Balaban J connectivity index is 1.55. The monoisotopic (exact) mass is 337 g/mol. The summed E-state index contributed by atoms with van der Waals surface area (Å²) >= 11 is 0. The number of nitrogens with zero attached hydrogens (tertiary/aromatic N) is 2. The highest BCUT2D eigenvalue weighted by molar-refractivity contribution is 5.93. The van der Waals surface area contributed by atoms with E-state index < -0.39 is 0 Å². The standard InChI is InChI=1S/C19H19N3O3/c1-24-14-8-6-13(7-9-14)15-12-16(21-20-15)19(23)22-10-2-4-17(22)18-5-3-11-25-18/h3,5-9,11-12,17H,2,4,10H2,1H3,(H,20,21)/t17-/m0/s1. The van der Waals surface area contributed by atoms with Crippen LogP contribution in [-0.2, 0) is 0 Å². The van der Waals surface area contributed by atoms with Crippen molar-refractivity contribution in [3.63, 3.8) is 0 Å². The van der Waals surface area contributed by atoms with Gasteiger partial charge in [0.05, 0.1) is 25.1 Å². The molecule has 0 spiro atoms. The number of methoxy groups -OCH3 is 1. The van der Waals surface area contributed by atoms with Crippen molar-refractivity contribution in [2.45, 2.75) is 18.9 Å². The van der Waals surface area contributed by atoms with Gasteiger partial charge in [-0.1, -0.05) is 0 Å². The van der Waals surface area contributed by atoms with E-state index in [0.29, 0.717) is 5.69 Å². The molecule has 1 aliphatic heterocycles. The molecule has 4 rings (SSSR count). The summed E-state index contributed by atoms with van der Waals surface area (Å²) in [6, 6.07) is 13.2. The number of carbonyl (C=O) groups is 1. The summed E-state index contributed by atoms with van der Waals surface area (Å²) in [4.78, 5) is 14.7. The van der Waals surface area contributed by atoms with E-state index in [1.54, 1.807) is 19.4 Å². The molecule has 1 saturated heterocycles. The highest BCUT2D eigenvalue weighted by atomic mass is 16.5. The molecule has 1 atom stereocenters. The molecule has 3 heterocycles. The van der Waals surface area contributed by atoms with E-state index in [9.17, 15) is 4.79 Å². The van der Waals surface area contributed by atoms with Crippen LogP contribution in [0.15, 0.2) is 53.1 Å². The lowest BCUT2D eigenvalue weighted by Gasteiger charge is -2.22. The van der Waals surface area contributed by atoms with Gasteiger partial charge in [-0.2, -0.15) is 5.10 Å². The average molecular weight is 337 g/mol. The molecule has 0 radical (unpaired) electrons. The molecular weight excluding hydrogens is 318 g/mol. The number of furan rings is 1. The number of ether oxygens (including phenoxy) is 1. The van der Waals surface area contributed by atoms with Crippen molar-refractivity contribution >= 4 is 5.91 Å². The number of carbonyl (C=O) groups excluding carboxylic acids is 1. The van der Waals surface area contributed by atoms with Gasteiger partial charge in [-0.25, -0.2) is 0 Å². The van der Waals surface area contributed by atoms with Crippen molar-refractivity contribution in [3.05, 3.63) is 60.2 Å². The lowest BCUT2D eigenvalue weighted by molar-refractivity contribution is 0.0714. The molecule has 3 aromatic rings. The van der Waals surface area contributed by atoms with Gasteiger partial charge in [0.15, 0.2) is 0 Å². The Morgan fingerprint density at radius 2 is 2.16 bits per heavy atom. The second kappa shape index (κ2) is 6.47. The van der Waals surface area contributed by atoms with Gasteiger partial charge in [0.25, 0.3) is 5.91 Å². The lowest BCUT2D eigenvalue weighted by Crippen LogP contribution is -2.30. The second-order valence-corrected chi connectivity index (χ2v) is 6.07.